The van der Waals surface area contributed by atoms with E-state index in [1.807, 2.05) is 27.2 Å². The number of nitrogens with zero attached hydrogens (tertiary/aromatic N) is 1. The van der Waals surface area contributed by atoms with E-state index >= 15 is 0 Å². The van der Waals surface area contributed by atoms with Gasteiger partial charge in [-0.2, -0.15) is 0 Å². The summed E-state index contributed by atoms with van der Waals surface area (Å²) in [7, 11) is 1.55. The average molecular weight is 784 g/mol. The van der Waals surface area contributed by atoms with Crippen molar-refractivity contribution in [1.82, 2.24) is 5.32 Å². The third-order valence-corrected chi connectivity index (χ3v) is 10.8. The molecule has 3 N–H and O–H groups in total. The lowest BCUT2D eigenvalue weighted by molar-refractivity contribution is -0.870. The Bertz CT molecular complexity index is 980. The van der Waals surface area contributed by atoms with Gasteiger partial charge in [-0.1, -0.05) is 172 Å². The quantitative estimate of drug-likeness (QED) is 0.0247. The van der Waals surface area contributed by atoms with E-state index in [9.17, 15) is 19.4 Å². The number of rotatable bonds is 40. The molecule has 0 saturated carbocycles. The van der Waals surface area contributed by atoms with Gasteiger partial charge in [0.1, 0.15) is 13.2 Å². The van der Waals surface area contributed by atoms with Crippen molar-refractivity contribution in [2.45, 2.75) is 206 Å². The lowest BCUT2D eigenvalue weighted by Gasteiger charge is -2.25. The zero-order valence-corrected chi connectivity index (χ0v) is 36.9. The number of phosphoric acid groups is 1. The molecule has 54 heavy (non-hydrogen) atoms. The van der Waals surface area contributed by atoms with E-state index in [1.54, 1.807) is 6.08 Å². The number of aliphatic hydroxyl groups excluding tert-OH is 1. The molecule has 0 fully saturated rings. The van der Waals surface area contributed by atoms with Crippen LogP contribution in [0.25, 0.3) is 0 Å². The highest BCUT2D eigenvalue weighted by atomic mass is 31.2. The molecule has 0 aromatic heterocycles. The second-order valence-corrected chi connectivity index (χ2v) is 17.9. The number of amides is 1. The monoisotopic (exact) mass is 784 g/mol. The Kier molecular flexibility index (Phi) is 36.4. The number of hydrogen-bond acceptors (Lipinski definition) is 5. The van der Waals surface area contributed by atoms with Gasteiger partial charge in [-0.25, -0.2) is 4.57 Å². The maximum atomic E-state index is 12.8. The van der Waals surface area contributed by atoms with Crippen LogP contribution < -0.4 is 5.32 Å². The smallest absolute Gasteiger partial charge is 0.387 e. The first-order valence-corrected chi connectivity index (χ1v) is 23.9. The molecule has 0 saturated heterocycles. The fraction of sp³-hybridized carbons (Fsp3) is 0.844. The first kappa shape index (κ1) is 52.7. The predicted octanol–water partition coefficient (Wildman–Crippen LogP) is 12.3. The Balaban J connectivity index is 4.08. The van der Waals surface area contributed by atoms with Crippen LogP contribution in [0.15, 0.2) is 36.5 Å². The predicted molar refractivity (Wildman–Crippen MR) is 231 cm³/mol. The Morgan fingerprint density at radius 3 is 1.56 bits per heavy atom. The van der Waals surface area contributed by atoms with Gasteiger partial charge in [0.05, 0.1) is 39.9 Å². The fourth-order valence-electron chi connectivity index (χ4n) is 6.24. The maximum Gasteiger partial charge on any atom is 0.472 e. The summed E-state index contributed by atoms with van der Waals surface area (Å²) >= 11 is 0. The first-order chi connectivity index (χ1) is 26.0. The number of likely N-dealkylation sites (N-methyl/N-ethyl adjacent to an activating group) is 1. The van der Waals surface area contributed by atoms with Gasteiger partial charge >= 0.3 is 7.82 Å². The summed E-state index contributed by atoms with van der Waals surface area (Å²) in [5.74, 6) is -0.192. The van der Waals surface area contributed by atoms with Crippen LogP contribution in [-0.2, 0) is 18.4 Å². The number of nitrogens with one attached hydrogen (secondary N) is 1. The minimum absolute atomic E-state index is 0.0558. The van der Waals surface area contributed by atoms with Gasteiger partial charge in [0.2, 0.25) is 5.91 Å². The van der Waals surface area contributed by atoms with Gasteiger partial charge in [-0.05, 0) is 51.4 Å². The molecule has 0 spiro atoms. The molecule has 318 valence electrons. The summed E-state index contributed by atoms with van der Waals surface area (Å²) in [6.45, 7) is 4.68. The van der Waals surface area contributed by atoms with Crippen molar-refractivity contribution in [2.75, 3.05) is 40.9 Å². The SMILES string of the molecule is CCC/C=C/CC/C=C/C(O)C(COP(=O)(O)OCC[N+](C)(C)C)NC(=O)CCCCCCCCCCCCCCC/C=C\CCCCCCCCCC. The van der Waals surface area contributed by atoms with Crippen molar-refractivity contribution in [2.24, 2.45) is 0 Å². The Hall–Kier alpha value is -1.28. The van der Waals surface area contributed by atoms with Crippen LogP contribution in [0.1, 0.15) is 194 Å². The van der Waals surface area contributed by atoms with Crippen molar-refractivity contribution in [1.29, 1.82) is 0 Å². The normalized spacial score (nSPS) is 14.7. The zero-order chi connectivity index (χ0) is 40.0. The molecule has 0 radical (unpaired) electrons. The van der Waals surface area contributed by atoms with Gasteiger partial charge in [-0.15, -0.1) is 0 Å². The van der Waals surface area contributed by atoms with E-state index in [0.29, 0.717) is 17.4 Å². The van der Waals surface area contributed by atoms with E-state index in [0.717, 1.165) is 44.9 Å². The van der Waals surface area contributed by atoms with Crippen LogP contribution in [0.2, 0.25) is 0 Å². The van der Waals surface area contributed by atoms with E-state index < -0.39 is 20.0 Å². The third kappa shape index (κ3) is 39.0. The van der Waals surface area contributed by atoms with E-state index in [2.05, 4.69) is 43.5 Å². The van der Waals surface area contributed by atoms with Gasteiger partial charge in [0.15, 0.2) is 0 Å². The minimum atomic E-state index is -4.33. The highest BCUT2D eigenvalue weighted by molar-refractivity contribution is 7.47. The molecule has 0 aromatic rings. The van der Waals surface area contributed by atoms with Crippen LogP contribution in [0.5, 0.6) is 0 Å². The van der Waals surface area contributed by atoms with Crippen LogP contribution in [0.3, 0.4) is 0 Å². The Morgan fingerprint density at radius 2 is 1.06 bits per heavy atom. The van der Waals surface area contributed by atoms with Gasteiger partial charge in [-0.3, -0.25) is 13.8 Å². The Morgan fingerprint density at radius 1 is 0.611 bits per heavy atom. The summed E-state index contributed by atoms with van der Waals surface area (Å²) in [5, 5.41) is 13.7. The summed E-state index contributed by atoms with van der Waals surface area (Å²) in [6, 6.07) is -0.858. The third-order valence-electron chi connectivity index (χ3n) is 9.81. The van der Waals surface area contributed by atoms with E-state index in [4.69, 9.17) is 9.05 Å². The first-order valence-electron chi connectivity index (χ1n) is 22.4. The highest BCUT2D eigenvalue weighted by Crippen LogP contribution is 2.43. The molecule has 3 atom stereocenters. The number of aliphatic hydroxyl groups is 1. The molecule has 8 nitrogen and oxygen atoms in total. The average Bonchev–Trinajstić information content (AvgIpc) is 3.12. The number of allylic oxidation sites excluding steroid dienone is 5. The second-order valence-electron chi connectivity index (χ2n) is 16.4. The zero-order valence-electron chi connectivity index (χ0n) is 36.0. The molecule has 0 aliphatic heterocycles. The molecule has 0 rings (SSSR count). The molecule has 1 amide bonds. The largest absolute Gasteiger partial charge is 0.472 e. The lowest BCUT2D eigenvalue weighted by Crippen LogP contribution is -2.45. The van der Waals surface area contributed by atoms with Crippen molar-refractivity contribution >= 4 is 13.7 Å². The van der Waals surface area contributed by atoms with Gasteiger partial charge in [0.25, 0.3) is 0 Å². The lowest BCUT2D eigenvalue weighted by atomic mass is 10.0. The highest BCUT2D eigenvalue weighted by Gasteiger charge is 2.27. The number of quaternary nitrogens is 1. The van der Waals surface area contributed by atoms with Crippen LogP contribution >= 0.6 is 7.82 Å². The molecule has 3 unspecified atom stereocenters. The van der Waals surface area contributed by atoms with Crippen molar-refractivity contribution in [3.8, 4) is 0 Å². The van der Waals surface area contributed by atoms with Crippen molar-refractivity contribution < 1.29 is 32.9 Å². The topological polar surface area (TPSA) is 105 Å². The van der Waals surface area contributed by atoms with Gasteiger partial charge in [0, 0.05) is 6.42 Å². The minimum Gasteiger partial charge on any atom is -0.387 e. The number of hydrogen-bond donors (Lipinski definition) is 3. The number of phosphoric ester groups is 1. The summed E-state index contributed by atoms with van der Waals surface area (Å²) in [6.07, 6.45) is 45.4. The molecule has 0 heterocycles. The molecule has 0 bridgehead atoms. The second kappa shape index (κ2) is 37.3. The maximum absolute atomic E-state index is 12.8. The van der Waals surface area contributed by atoms with Crippen molar-refractivity contribution in [3.05, 3.63) is 36.5 Å². The molecule has 0 aliphatic carbocycles. The molecule has 9 heteroatoms. The molecular weight excluding hydrogens is 695 g/mol. The van der Waals surface area contributed by atoms with Crippen LogP contribution in [-0.4, -0.2) is 73.4 Å². The van der Waals surface area contributed by atoms with Crippen molar-refractivity contribution in [3.63, 3.8) is 0 Å². The Labute approximate surface area is 334 Å². The summed E-state index contributed by atoms with van der Waals surface area (Å²) in [5.41, 5.74) is 0. The fourth-order valence-corrected chi connectivity index (χ4v) is 6.97. The number of unbranched alkanes of at least 4 members (excludes halogenated alkanes) is 23. The summed E-state index contributed by atoms with van der Waals surface area (Å²) in [4.78, 5) is 23.0. The van der Waals surface area contributed by atoms with Crippen LogP contribution in [0.4, 0.5) is 0 Å². The van der Waals surface area contributed by atoms with Crippen LogP contribution in [0, 0.1) is 0 Å². The summed E-state index contributed by atoms with van der Waals surface area (Å²) < 4.78 is 23.4. The number of carbonyl (C=O) groups is 1. The van der Waals surface area contributed by atoms with Gasteiger partial charge < -0.3 is 19.8 Å². The number of carbonyl (C=O) groups excluding carboxylic acids is 1. The molecular formula is C45H88N2O6P+. The molecule has 0 aliphatic rings. The van der Waals surface area contributed by atoms with E-state index in [-0.39, 0.29) is 19.1 Å². The molecule has 0 aromatic carbocycles. The standard InChI is InChI=1S/C45H87N2O6P/c1-6-8-10-12-14-15-16-17-18-19-20-21-22-23-24-25-26-27-28-29-30-31-33-35-37-39-45(49)46-43(44(48)38-36-34-32-13-11-9-7-2)42-53-54(50,51)52-41-40-47(3,4)5/h11,13,19-20,36,38,43-44,48H,6-10,12,14-18,21-35,37,39-42H2,1-5H3,(H-,46,49,50,51)/p+1/b13-11+,20-19-,38-36+. The van der Waals surface area contributed by atoms with E-state index in [1.165, 1.54) is 128 Å².